The highest BCUT2D eigenvalue weighted by molar-refractivity contribution is 6.03. The summed E-state index contributed by atoms with van der Waals surface area (Å²) in [5.74, 6) is 0.439. The van der Waals surface area contributed by atoms with Gasteiger partial charge in [0.15, 0.2) is 0 Å². The van der Waals surface area contributed by atoms with Crippen LogP contribution in [0.1, 0.15) is 31.4 Å². The van der Waals surface area contributed by atoms with Crippen LogP contribution < -0.4 is 15.4 Å². The molecule has 1 aliphatic rings. The number of para-hydroxylation sites is 1. The maximum atomic E-state index is 12.2. The van der Waals surface area contributed by atoms with E-state index in [1.807, 2.05) is 50.2 Å². The Balaban J connectivity index is 1.75. The zero-order valence-electron chi connectivity index (χ0n) is 15.1. The Kier molecular flexibility index (Phi) is 4.80. The van der Waals surface area contributed by atoms with Crippen LogP contribution in [0, 0.1) is 0 Å². The Morgan fingerprint density at radius 3 is 2.77 bits per heavy atom. The van der Waals surface area contributed by atoms with Crippen molar-refractivity contribution in [1.29, 1.82) is 0 Å². The van der Waals surface area contributed by atoms with Crippen molar-refractivity contribution in [2.45, 2.75) is 25.7 Å². The third-order valence-electron chi connectivity index (χ3n) is 4.45. The first-order valence-corrected chi connectivity index (χ1v) is 8.45. The number of nitrogens with one attached hydrogen (secondary N) is 2. The van der Waals surface area contributed by atoms with Crippen LogP contribution in [0.4, 0.5) is 11.4 Å². The van der Waals surface area contributed by atoms with Crippen LogP contribution in [0.3, 0.4) is 0 Å². The van der Waals surface area contributed by atoms with Gasteiger partial charge in [-0.15, -0.1) is 0 Å². The van der Waals surface area contributed by atoms with E-state index in [9.17, 15) is 9.59 Å². The predicted molar refractivity (Wildman–Crippen MR) is 103 cm³/mol. The van der Waals surface area contributed by atoms with Gasteiger partial charge in [0.1, 0.15) is 5.75 Å². The zero-order chi connectivity index (χ0) is 18.7. The lowest BCUT2D eigenvalue weighted by Gasteiger charge is -2.32. The molecule has 0 atom stereocenters. The Morgan fingerprint density at radius 1 is 1.23 bits per heavy atom. The van der Waals surface area contributed by atoms with E-state index in [-0.39, 0.29) is 17.2 Å². The highest BCUT2D eigenvalue weighted by Gasteiger charge is 2.31. The molecule has 2 amide bonds. The second-order valence-corrected chi connectivity index (χ2v) is 6.93. The lowest BCUT2D eigenvalue weighted by molar-refractivity contribution is -0.117. The third kappa shape index (κ3) is 3.77. The monoisotopic (exact) mass is 350 g/mol. The zero-order valence-corrected chi connectivity index (χ0v) is 15.1. The van der Waals surface area contributed by atoms with Crippen LogP contribution >= 0.6 is 0 Å². The highest BCUT2D eigenvalue weighted by Crippen LogP contribution is 2.38. The first-order chi connectivity index (χ1) is 12.4. The molecule has 3 rings (SSSR count). The van der Waals surface area contributed by atoms with Gasteiger partial charge < -0.3 is 15.4 Å². The molecule has 2 aromatic carbocycles. The largest absolute Gasteiger partial charge is 0.496 e. The summed E-state index contributed by atoms with van der Waals surface area (Å²) in [5, 5.41) is 5.70. The van der Waals surface area contributed by atoms with E-state index < -0.39 is 0 Å². The van der Waals surface area contributed by atoms with Crippen molar-refractivity contribution in [2.24, 2.45) is 0 Å². The van der Waals surface area contributed by atoms with Gasteiger partial charge in [-0.3, -0.25) is 9.59 Å². The SMILES string of the molecule is COc1ccccc1/C=C/C(=O)Nc1ccc2c(c1)NC(=O)CC2(C)C. The Labute approximate surface area is 153 Å². The van der Waals surface area contributed by atoms with Crippen molar-refractivity contribution in [1.82, 2.24) is 0 Å². The van der Waals surface area contributed by atoms with E-state index in [0.29, 0.717) is 17.9 Å². The third-order valence-corrected chi connectivity index (χ3v) is 4.45. The molecule has 0 bridgehead atoms. The fourth-order valence-electron chi connectivity index (χ4n) is 3.16. The van der Waals surface area contributed by atoms with Crippen molar-refractivity contribution >= 4 is 29.3 Å². The van der Waals surface area contributed by atoms with E-state index in [4.69, 9.17) is 4.74 Å². The fourth-order valence-corrected chi connectivity index (χ4v) is 3.16. The van der Waals surface area contributed by atoms with Crippen LogP contribution in [0.2, 0.25) is 0 Å². The lowest BCUT2D eigenvalue weighted by atomic mass is 9.78. The van der Waals surface area contributed by atoms with E-state index >= 15 is 0 Å². The summed E-state index contributed by atoms with van der Waals surface area (Å²) in [4.78, 5) is 24.1. The maximum Gasteiger partial charge on any atom is 0.248 e. The van der Waals surface area contributed by atoms with Gasteiger partial charge in [-0.25, -0.2) is 0 Å². The fraction of sp³-hybridized carbons (Fsp3) is 0.238. The number of rotatable bonds is 4. The first-order valence-electron chi connectivity index (χ1n) is 8.45. The summed E-state index contributed by atoms with van der Waals surface area (Å²) >= 11 is 0. The molecule has 134 valence electrons. The van der Waals surface area contributed by atoms with Gasteiger partial charge in [-0.2, -0.15) is 0 Å². The quantitative estimate of drug-likeness (QED) is 0.820. The number of ether oxygens (including phenoxy) is 1. The molecule has 0 aliphatic carbocycles. The standard InChI is InChI=1S/C21H22N2O3/c1-21(2)13-20(25)23-17-12-15(9-10-16(17)21)22-19(24)11-8-14-6-4-5-7-18(14)26-3/h4-12H,13H2,1-3H3,(H,22,24)(H,23,25)/b11-8+. The van der Waals surface area contributed by atoms with Crippen molar-refractivity contribution in [3.8, 4) is 5.75 Å². The molecule has 0 radical (unpaired) electrons. The number of hydrogen-bond acceptors (Lipinski definition) is 3. The van der Waals surface area contributed by atoms with E-state index in [0.717, 1.165) is 16.8 Å². The number of amides is 2. The van der Waals surface area contributed by atoms with Gasteiger partial charge in [-0.05, 0) is 29.8 Å². The molecule has 2 aromatic rings. The van der Waals surface area contributed by atoms with E-state index in [1.165, 1.54) is 6.08 Å². The molecule has 1 heterocycles. The highest BCUT2D eigenvalue weighted by atomic mass is 16.5. The van der Waals surface area contributed by atoms with Crippen LogP contribution in [-0.4, -0.2) is 18.9 Å². The van der Waals surface area contributed by atoms with Crippen molar-refractivity contribution in [3.05, 3.63) is 59.7 Å². The summed E-state index contributed by atoms with van der Waals surface area (Å²) < 4.78 is 5.26. The number of anilines is 2. The van der Waals surface area contributed by atoms with Gasteiger partial charge in [-0.1, -0.05) is 38.1 Å². The van der Waals surface area contributed by atoms with Gasteiger partial charge in [0.25, 0.3) is 0 Å². The predicted octanol–water partition coefficient (Wildman–Crippen LogP) is 3.97. The Bertz CT molecular complexity index is 885. The normalized spacial score (nSPS) is 15.3. The number of carbonyl (C=O) groups excluding carboxylic acids is 2. The second-order valence-electron chi connectivity index (χ2n) is 6.93. The number of carbonyl (C=O) groups is 2. The molecule has 0 unspecified atom stereocenters. The topological polar surface area (TPSA) is 67.4 Å². The van der Waals surface area contributed by atoms with Crippen molar-refractivity contribution < 1.29 is 14.3 Å². The summed E-state index contributed by atoms with van der Waals surface area (Å²) in [6.45, 7) is 4.08. The average Bonchev–Trinajstić information content (AvgIpc) is 2.59. The van der Waals surface area contributed by atoms with Gasteiger partial charge in [0.05, 0.1) is 7.11 Å². The molecule has 2 N–H and O–H groups in total. The minimum Gasteiger partial charge on any atom is -0.496 e. The molecule has 5 heteroatoms. The van der Waals surface area contributed by atoms with Crippen LogP contribution in [-0.2, 0) is 15.0 Å². The van der Waals surface area contributed by atoms with Gasteiger partial charge in [0, 0.05) is 34.9 Å². The van der Waals surface area contributed by atoms with Crippen LogP contribution in [0.5, 0.6) is 5.75 Å². The molecule has 0 saturated carbocycles. The minimum absolute atomic E-state index is 0.0120. The molecule has 0 saturated heterocycles. The van der Waals surface area contributed by atoms with E-state index in [2.05, 4.69) is 10.6 Å². The lowest BCUT2D eigenvalue weighted by Crippen LogP contribution is -2.32. The first kappa shape index (κ1) is 17.7. The molecule has 1 aliphatic heterocycles. The Hall–Kier alpha value is -3.08. The molecule has 0 aromatic heterocycles. The molecule has 0 fully saturated rings. The summed E-state index contributed by atoms with van der Waals surface area (Å²) in [6.07, 6.45) is 3.62. The van der Waals surface area contributed by atoms with Crippen molar-refractivity contribution in [2.75, 3.05) is 17.7 Å². The molecule has 26 heavy (non-hydrogen) atoms. The van der Waals surface area contributed by atoms with Gasteiger partial charge in [0.2, 0.25) is 11.8 Å². The summed E-state index contributed by atoms with van der Waals surface area (Å²) in [6, 6.07) is 13.1. The Morgan fingerprint density at radius 2 is 2.00 bits per heavy atom. The number of fused-ring (bicyclic) bond motifs is 1. The van der Waals surface area contributed by atoms with Crippen LogP contribution in [0.25, 0.3) is 6.08 Å². The maximum absolute atomic E-state index is 12.2. The molecular formula is C21H22N2O3. The van der Waals surface area contributed by atoms with Crippen molar-refractivity contribution in [3.63, 3.8) is 0 Å². The number of benzene rings is 2. The minimum atomic E-state index is -0.253. The molecular weight excluding hydrogens is 328 g/mol. The van der Waals surface area contributed by atoms with Gasteiger partial charge >= 0.3 is 0 Å². The van der Waals surface area contributed by atoms with Crippen LogP contribution in [0.15, 0.2) is 48.5 Å². The second kappa shape index (κ2) is 7.04. The van der Waals surface area contributed by atoms with E-state index in [1.54, 1.807) is 19.3 Å². The average molecular weight is 350 g/mol. The number of methoxy groups -OCH3 is 1. The molecule has 5 nitrogen and oxygen atoms in total. The smallest absolute Gasteiger partial charge is 0.248 e. The number of hydrogen-bond donors (Lipinski definition) is 2. The summed E-state index contributed by atoms with van der Waals surface area (Å²) in [7, 11) is 1.59. The molecule has 0 spiro atoms. The summed E-state index contributed by atoms with van der Waals surface area (Å²) in [5.41, 5.74) is 3.06.